The molecule has 0 saturated carbocycles. The smallest absolute Gasteiger partial charge is 0.376 e. The summed E-state index contributed by atoms with van der Waals surface area (Å²) in [5.41, 5.74) is -0.132. The van der Waals surface area contributed by atoms with Crippen LogP contribution in [-0.2, 0) is 5.75 Å². The number of aromatic nitrogens is 2. The van der Waals surface area contributed by atoms with Gasteiger partial charge in [-0.3, -0.25) is 10.1 Å². The van der Waals surface area contributed by atoms with Crippen molar-refractivity contribution in [2.24, 2.45) is 4.99 Å². The molecule has 2 N–H and O–H groups in total. The molecule has 0 radical (unpaired) electrons. The van der Waals surface area contributed by atoms with Gasteiger partial charge < -0.3 is 5.11 Å². The summed E-state index contributed by atoms with van der Waals surface area (Å²) in [6, 6.07) is 12.5. The van der Waals surface area contributed by atoms with E-state index in [1.807, 2.05) is 24.3 Å². The molecule has 0 saturated heterocycles. The van der Waals surface area contributed by atoms with Gasteiger partial charge in [0, 0.05) is 23.1 Å². The Labute approximate surface area is 163 Å². The van der Waals surface area contributed by atoms with E-state index in [9.17, 15) is 18.3 Å². The van der Waals surface area contributed by atoms with Crippen molar-refractivity contribution in [1.82, 2.24) is 10.2 Å². The minimum atomic E-state index is -4.84. The number of nitrogens with zero attached hydrogens (tertiary/aromatic N) is 2. The Morgan fingerprint density at radius 2 is 2.04 bits per heavy atom. The summed E-state index contributed by atoms with van der Waals surface area (Å²) in [7, 11) is 0. The third-order valence-electron chi connectivity index (χ3n) is 5.00. The second-order valence-corrected chi connectivity index (χ2v) is 7.93. The van der Waals surface area contributed by atoms with Gasteiger partial charge in [0.05, 0.1) is 17.4 Å². The Morgan fingerprint density at radius 1 is 1.21 bits per heavy atom. The van der Waals surface area contributed by atoms with E-state index in [4.69, 9.17) is 0 Å². The van der Waals surface area contributed by atoms with Crippen LogP contribution in [0.1, 0.15) is 23.5 Å². The van der Waals surface area contributed by atoms with Crippen LogP contribution in [-0.4, -0.2) is 39.0 Å². The maximum absolute atomic E-state index is 13.8. The van der Waals surface area contributed by atoms with E-state index in [1.165, 1.54) is 6.20 Å². The van der Waals surface area contributed by atoms with Gasteiger partial charge in [0.15, 0.2) is 5.60 Å². The number of halogens is 3. The van der Waals surface area contributed by atoms with E-state index in [2.05, 4.69) is 15.2 Å². The number of nitrogens with one attached hydrogen (secondary N) is 1. The molecule has 0 fully saturated rings. The molecule has 8 heteroatoms. The molecule has 1 aliphatic heterocycles. The van der Waals surface area contributed by atoms with Crippen LogP contribution in [0.2, 0.25) is 0 Å². The fourth-order valence-electron chi connectivity index (χ4n) is 3.49. The van der Waals surface area contributed by atoms with Crippen LogP contribution in [0, 0.1) is 0 Å². The molecule has 0 aliphatic carbocycles. The molecule has 0 spiro atoms. The molecule has 2 aromatic carbocycles. The second-order valence-electron chi connectivity index (χ2n) is 6.90. The Hall–Kier alpha value is -2.32. The number of aliphatic imine (C=N–C) groups is 1. The topological polar surface area (TPSA) is 61.3 Å². The third-order valence-corrected chi connectivity index (χ3v) is 6.15. The number of benzene rings is 2. The maximum Gasteiger partial charge on any atom is 0.422 e. The summed E-state index contributed by atoms with van der Waals surface area (Å²) in [6.07, 6.45) is -3.16. The number of aromatic amines is 1. The van der Waals surface area contributed by atoms with Crippen LogP contribution in [0.3, 0.4) is 0 Å². The molecule has 0 amide bonds. The molecule has 0 bridgehead atoms. The highest BCUT2D eigenvalue weighted by atomic mass is 32.2. The molecule has 2 heterocycles. The molecule has 2 unspecified atom stereocenters. The molecule has 146 valence electrons. The standard InChI is InChI=1S/C20H18F3N3OS/c21-20(22,23)19(27,8-14-11-28-10-13-4-1-2-5-15(13)14)12-24-17-6-3-7-18-16(17)9-25-26-18/h1-7,9,12,14,27H,8,10-11H2,(H,25,26). The predicted molar refractivity (Wildman–Crippen MR) is 105 cm³/mol. The predicted octanol–water partition coefficient (Wildman–Crippen LogP) is 4.98. The third kappa shape index (κ3) is 3.54. The van der Waals surface area contributed by atoms with Crippen molar-refractivity contribution in [3.8, 4) is 0 Å². The fraction of sp³-hybridized carbons (Fsp3) is 0.300. The van der Waals surface area contributed by atoms with E-state index >= 15 is 0 Å². The monoisotopic (exact) mass is 405 g/mol. The molecule has 1 aliphatic rings. The van der Waals surface area contributed by atoms with Gasteiger partial charge in [0.1, 0.15) is 0 Å². The van der Waals surface area contributed by atoms with Crippen molar-refractivity contribution in [2.45, 2.75) is 29.9 Å². The van der Waals surface area contributed by atoms with Crippen LogP contribution in [0.15, 0.2) is 53.7 Å². The van der Waals surface area contributed by atoms with Crippen molar-refractivity contribution in [3.63, 3.8) is 0 Å². The lowest BCUT2D eigenvalue weighted by Gasteiger charge is -2.33. The van der Waals surface area contributed by atoms with Gasteiger partial charge in [-0.05, 0) is 35.6 Å². The normalized spacial score (nSPS) is 19.6. The highest BCUT2D eigenvalue weighted by molar-refractivity contribution is 7.98. The van der Waals surface area contributed by atoms with Crippen molar-refractivity contribution in [2.75, 3.05) is 5.75 Å². The first-order valence-corrected chi connectivity index (χ1v) is 9.95. The van der Waals surface area contributed by atoms with Gasteiger partial charge in [-0.25, -0.2) is 0 Å². The molecule has 1 aromatic heterocycles. The van der Waals surface area contributed by atoms with Gasteiger partial charge >= 0.3 is 6.18 Å². The van der Waals surface area contributed by atoms with E-state index < -0.39 is 24.1 Å². The van der Waals surface area contributed by atoms with Crippen LogP contribution >= 0.6 is 11.8 Å². The van der Waals surface area contributed by atoms with Crippen LogP contribution in [0.5, 0.6) is 0 Å². The van der Waals surface area contributed by atoms with Crippen molar-refractivity contribution >= 4 is 34.6 Å². The van der Waals surface area contributed by atoms with Gasteiger partial charge in [0.25, 0.3) is 0 Å². The quantitative estimate of drug-likeness (QED) is 0.602. The molecular formula is C20H18F3N3OS. The van der Waals surface area contributed by atoms with Crippen molar-refractivity contribution < 1.29 is 18.3 Å². The molecular weight excluding hydrogens is 387 g/mol. The number of thioether (sulfide) groups is 1. The van der Waals surface area contributed by atoms with E-state index in [1.54, 1.807) is 30.0 Å². The molecule has 4 nitrogen and oxygen atoms in total. The number of hydrogen-bond acceptors (Lipinski definition) is 4. The average Bonchev–Trinajstić information content (AvgIpc) is 3.15. The van der Waals surface area contributed by atoms with Crippen LogP contribution in [0.4, 0.5) is 18.9 Å². The highest BCUT2D eigenvalue weighted by Crippen LogP contribution is 2.42. The summed E-state index contributed by atoms with van der Waals surface area (Å²) < 4.78 is 41.5. The van der Waals surface area contributed by atoms with E-state index in [0.717, 1.165) is 16.9 Å². The summed E-state index contributed by atoms with van der Waals surface area (Å²) in [5.74, 6) is 0.895. The molecule has 4 rings (SSSR count). The lowest BCUT2D eigenvalue weighted by atomic mass is 9.85. The lowest BCUT2D eigenvalue weighted by molar-refractivity contribution is -0.231. The van der Waals surface area contributed by atoms with Crippen molar-refractivity contribution in [3.05, 3.63) is 59.8 Å². The van der Waals surface area contributed by atoms with Gasteiger partial charge in [-0.1, -0.05) is 30.3 Å². The Bertz CT molecular complexity index is 1020. The molecule has 2 atom stereocenters. The highest BCUT2D eigenvalue weighted by Gasteiger charge is 2.54. The Morgan fingerprint density at radius 3 is 2.86 bits per heavy atom. The molecule has 28 heavy (non-hydrogen) atoms. The fourth-order valence-corrected chi connectivity index (χ4v) is 4.68. The van der Waals surface area contributed by atoms with Crippen LogP contribution < -0.4 is 0 Å². The summed E-state index contributed by atoms with van der Waals surface area (Å²) >= 11 is 1.58. The SMILES string of the molecule is OC(C=Nc1cccc2[nH]ncc12)(CC1CSCc2ccccc21)C(F)(F)F. The summed E-state index contributed by atoms with van der Waals surface area (Å²) in [6.45, 7) is 0. The van der Waals surface area contributed by atoms with Crippen LogP contribution in [0.25, 0.3) is 10.9 Å². The minimum absolute atomic E-state index is 0.326. The number of fused-ring (bicyclic) bond motifs is 2. The Balaban J connectivity index is 1.67. The summed E-state index contributed by atoms with van der Waals surface area (Å²) in [4.78, 5) is 4.00. The van der Waals surface area contributed by atoms with Gasteiger partial charge in [0.2, 0.25) is 0 Å². The van der Waals surface area contributed by atoms with Gasteiger partial charge in [-0.2, -0.15) is 30.0 Å². The Kier molecular flexibility index (Phi) is 4.93. The first kappa shape index (κ1) is 19.0. The average molecular weight is 405 g/mol. The zero-order valence-electron chi connectivity index (χ0n) is 14.8. The largest absolute Gasteiger partial charge is 0.422 e. The number of alkyl halides is 3. The zero-order valence-corrected chi connectivity index (χ0v) is 15.6. The number of rotatable bonds is 4. The number of hydrogen-bond donors (Lipinski definition) is 2. The molecule has 3 aromatic rings. The maximum atomic E-state index is 13.8. The second kappa shape index (κ2) is 7.25. The lowest BCUT2D eigenvalue weighted by Crippen LogP contribution is -2.48. The first-order valence-electron chi connectivity index (χ1n) is 8.79. The van der Waals surface area contributed by atoms with E-state index in [0.29, 0.717) is 28.6 Å². The number of aliphatic hydroxyl groups is 1. The van der Waals surface area contributed by atoms with Crippen molar-refractivity contribution in [1.29, 1.82) is 0 Å². The van der Waals surface area contributed by atoms with Gasteiger partial charge in [-0.15, -0.1) is 0 Å². The first-order chi connectivity index (χ1) is 13.4. The summed E-state index contributed by atoms with van der Waals surface area (Å²) in [5, 5.41) is 17.8. The number of H-pyrrole nitrogens is 1. The minimum Gasteiger partial charge on any atom is -0.376 e. The van der Waals surface area contributed by atoms with E-state index in [-0.39, 0.29) is 0 Å². The zero-order chi connectivity index (χ0) is 19.8.